The molecule has 1 amide bonds. The van der Waals surface area contributed by atoms with E-state index in [0.29, 0.717) is 11.5 Å². The Bertz CT molecular complexity index is 539. The van der Waals surface area contributed by atoms with Crippen molar-refractivity contribution in [2.45, 2.75) is 51.9 Å². The summed E-state index contributed by atoms with van der Waals surface area (Å²) in [6.07, 6.45) is 1.70. The molecular formula is C17H23FN2O. The highest BCUT2D eigenvalue weighted by molar-refractivity contribution is 5.85. The molecule has 0 aromatic heterocycles. The molecule has 0 radical (unpaired) electrons. The van der Waals surface area contributed by atoms with Gasteiger partial charge in [-0.2, -0.15) is 0 Å². The van der Waals surface area contributed by atoms with E-state index in [-0.39, 0.29) is 35.9 Å². The topological polar surface area (TPSA) is 32.3 Å². The van der Waals surface area contributed by atoms with Crippen molar-refractivity contribution in [2.75, 3.05) is 0 Å². The number of nitrogens with zero attached hydrogens (tertiary/aromatic N) is 1. The van der Waals surface area contributed by atoms with Crippen LogP contribution in [0.4, 0.5) is 4.39 Å². The molecule has 2 fully saturated rings. The highest BCUT2D eigenvalue weighted by Gasteiger charge is 2.47. The van der Waals surface area contributed by atoms with Gasteiger partial charge in [0.25, 0.3) is 0 Å². The minimum atomic E-state index is -0.330. The van der Waals surface area contributed by atoms with E-state index >= 15 is 0 Å². The lowest BCUT2D eigenvalue weighted by Gasteiger charge is -2.42. The lowest BCUT2D eigenvalue weighted by molar-refractivity contribution is -0.135. The zero-order valence-electron chi connectivity index (χ0n) is 12.8. The number of carbonyl (C=O) groups is 1. The maximum Gasteiger partial charge on any atom is 0.241 e. The van der Waals surface area contributed by atoms with E-state index in [2.05, 4.69) is 12.2 Å². The highest BCUT2D eigenvalue weighted by atomic mass is 19.1. The van der Waals surface area contributed by atoms with Crippen LogP contribution in [0, 0.1) is 17.7 Å². The Labute approximate surface area is 125 Å². The molecule has 2 atom stereocenters. The van der Waals surface area contributed by atoms with Crippen molar-refractivity contribution < 1.29 is 9.18 Å². The standard InChI is InChI=1S/C17H23FN2O/c1-10(2)15-17(21)20(12-8-11(3)9-12)16(19-15)13-6-4-5-7-14(13)18/h4-7,10-12,15-16,19H,8-9H2,1-3H3. The van der Waals surface area contributed by atoms with Gasteiger partial charge in [0, 0.05) is 11.6 Å². The first-order valence-corrected chi connectivity index (χ1v) is 7.81. The van der Waals surface area contributed by atoms with Gasteiger partial charge in [0.2, 0.25) is 5.91 Å². The minimum absolute atomic E-state index is 0.121. The molecule has 1 aromatic carbocycles. The first-order chi connectivity index (χ1) is 9.99. The van der Waals surface area contributed by atoms with E-state index in [1.165, 1.54) is 6.07 Å². The lowest BCUT2D eigenvalue weighted by atomic mass is 9.80. The van der Waals surface area contributed by atoms with E-state index in [9.17, 15) is 9.18 Å². The van der Waals surface area contributed by atoms with Crippen LogP contribution in [0.15, 0.2) is 24.3 Å². The first-order valence-electron chi connectivity index (χ1n) is 7.81. The summed E-state index contributed by atoms with van der Waals surface area (Å²) in [5.74, 6) is 0.733. The van der Waals surface area contributed by atoms with Crippen molar-refractivity contribution in [1.29, 1.82) is 0 Å². The van der Waals surface area contributed by atoms with E-state index in [1.807, 2.05) is 24.8 Å². The Balaban J connectivity index is 1.93. The number of hydrogen-bond donors (Lipinski definition) is 1. The zero-order chi connectivity index (χ0) is 15.1. The molecule has 1 aliphatic carbocycles. The quantitative estimate of drug-likeness (QED) is 0.928. The smallest absolute Gasteiger partial charge is 0.241 e. The van der Waals surface area contributed by atoms with Gasteiger partial charge in [-0.3, -0.25) is 10.1 Å². The molecule has 2 aliphatic rings. The number of carbonyl (C=O) groups excluding carboxylic acids is 1. The molecule has 1 aromatic rings. The van der Waals surface area contributed by atoms with Gasteiger partial charge in [0.15, 0.2) is 0 Å². The Morgan fingerprint density at radius 1 is 1.29 bits per heavy atom. The summed E-state index contributed by atoms with van der Waals surface area (Å²) in [5, 5.41) is 3.35. The van der Waals surface area contributed by atoms with Crippen LogP contribution in [0.1, 0.15) is 45.3 Å². The zero-order valence-corrected chi connectivity index (χ0v) is 12.8. The number of halogens is 1. The van der Waals surface area contributed by atoms with E-state index < -0.39 is 0 Å². The molecule has 4 heteroatoms. The van der Waals surface area contributed by atoms with Gasteiger partial charge in [0.1, 0.15) is 12.0 Å². The number of nitrogens with one attached hydrogen (secondary N) is 1. The molecule has 3 rings (SSSR count). The van der Waals surface area contributed by atoms with Gasteiger partial charge in [-0.25, -0.2) is 4.39 Å². The predicted molar refractivity (Wildman–Crippen MR) is 79.9 cm³/mol. The van der Waals surface area contributed by atoms with E-state index in [4.69, 9.17) is 0 Å². The van der Waals surface area contributed by atoms with Crippen LogP contribution in [0.3, 0.4) is 0 Å². The number of amides is 1. The molecule has 1 aliphatic heterocycles. The summed E-state index contributed by atoms with van der Waals surface area (Å²) in [4.78, 5) is 14.6. The van der Waals surface area contributed by atoms with Crippen LogP contribution in [-0.2, 0) is 4.79 Å². The fraction of sp³-hybridized carbons (Fsp3) is 0.588. The van der Waals surface area contributed by atoms with Crippen LogP contribution >= 0.6 is 0 Å². The van der Waals surface area contributed by atoms with Gasteiger partial charge in [0.05, 0.1) is 6.04 Å². The van der Waals surface area contributed by atoms with Crippen LogP contribution < -0.4 is 5.32 Å². The second-order valence-corrected chi connectivity index (χ2v) is 6.79. The summed E-state index contributed by atoms with van der Waals surface area (Å²) in [6, 6.07) is 6.78. The highest BCUT2D eigenvalue weighted by Crippen LogP contribution is 2.39. The fourth-order valence-electron chi connectivity index (χ4n) is 3.50. The molecule has 114 valence electrons. The molecule has 3 nitrogen and oxygen atoms in total. The molecule has 0 bridgehead atoms. The third kappa shape index (κ3) is 2.46. The lowest BCUT2D eigenvalue weighted by Crippen LogP contribution is -2.47. The van der Waals surface area contributed by atoms with Gasteiger partial charge in [-0.05, 0) is 30.7 Å². The Morgan fingerprint density at radius 2 is 1.95 bits per heavy atom. The summed E-state index contributed by atoms with van der Waals surface area (Å²) in [7, 11) is 0. The Hall–Kier alpha value is -1.42. The van der Waals surface area contributed by atoms with Crippen molar-refractivity contribution in [1.82, 2.24) is 10.2 Å². The van der Waals surface area contributed by atoms with Gasteiger partial charge in [-0.1, -0.05) is 39.0 Å². The van der Waals surface area contributed by atoms with Gasteiger partial charge in [-0.15, -0.1) is 0 Å². The van der Waals surface area contributed by atoms with Crippen LogP contribution in [0.25, 0.3) is 0 Å². The van der Waals surface area contributed by atoms with Gasteiger partial charge >= 0.3 is 0 Å². The first kappa shape index (κ1) is 14.5. The maximum absolute atomic E-state index is 14.2. The average molecular weight is 290 g/mol. The number of rotatable bonds is 3. The molecule has 1 heterocycles. The summed E-state index contributed by atoms with van der Waals surface area (Å²) in [5.41, 5.74) is 0.577. The molecule has 21 heavy (non-hydrogen) atoms. The Morgan fingerprint density at radius 3 is 2.52 bits per heavy atom. The van der Waals surface area contributed by atoms with Crippen LogP contribution in [0.2, 0.25) is 0 Å². The van der Waals surface area contributed by atoms with Crippen molar-refractivity contribution >= 4 is 5.91 Å². The minimum Gasteiger partial charge on any atom is -0.318 e. The van der Waals surface area contributed by atoms with Crippen molar-refractivity contribution in [3.63, 3.8) is 0 Å². The van der Waals surface area contributed by atoms with Crippen molar-refractivity contribution in [3.8, 4) is 0 Å². The number of benzene rings is 1. The molecule has 1 N–H and O–H groups in total. The second kappa shape index (κ2) is 5.41. The van der Waals surface area contributed by atoms with Crippen molar-refractivity contribution in [3.05, 3.63) is 35.6 Å². The van der Waals surface area contributed by atoms with Crippen LogP contribution in [0.5, 0.6) is 0 Å². The molecule has 1 saturated heterocycles. The normalized spacial score (nSPS) is 32.6. The second-order valence-electron chi connectivity index (χ2n) is 6.79. The van der Waals surface area contributed by atoms with E-state index in [1.54, 1.807) is 12.1 Å². The third-order valence-electron chi connectivity index (χ3n) is 4.74. The summed E-state index contributed by atoms with van der Waals surface area (Å²) < 4.78 is 14.2. The Kier molecular flexibility index (Phi) is 3.74. The third-order valence-corrected chi connectivity index (χ3v) is 4.74. The van der Waals surface area contributed by atoms with Crippen molar-refractivity contribution in [2.24, 2.45) is 11.8 Å². The predicted octanol–water partition coefficient (Wildman–Crippen LogP) is 3.08. The average Bonchev–Trinajstić information content (AvgIpc) is 2.73. The molecule has 0 spiro atoms. The maximum atomic E-state index is 14.2. The monoisotopic (exact) mass is 290 g/mol. The molecular weight excluding hydrogens is 267 g/mol. The summed E-state index contributed by atoms with van der Waals surface area (Å²) in [6.45, 7) is 6.25. The van der Waals surface area contributed by atoms with E-state index in [0.717, 1.165) is 12.8 Å². The van der Waals surface area contributed by atoms with Gasteiger partial charge < -0.3 is 4.90 Å². The fourth-order valence-corrected chi connectivity index (χ4v) is 3.50. The largest absolute Gasteiger partial charge is 0.318 e. The SMILES string of the molecule is CC1CC(N2C(=O)C(C(C)C)NC2c2ccccc2F)C1. The summed E-state index contributed by atoms with van der Waals surface area (Å²) >= 11 is 0. The molecule has 2 unspecified atom stereocenters. The molecule has 1 saturated carbocycles. The van der Waals surface area contributed by atoms with Crippen LogP contribution in [-0.4, -0.2) is 22.9 Å². The number of hydrogen-bond acceptors (Lipinski definition) is 2.